The second-order valence-electron chi connectivity index (χ2n) is 6.69. The molecule has 2 heterocycles. The number of hydrogen-bond donors (Lipinski definition) is 5. The number of nitrogens with zero attached hydrogens (tertiary/aromatic N) is 2. The highest BCUT2D eigenvalue weighted by molar-refractivity contribution is 6.22. The van der Waals surface area contributed by atoms with Crippen molar-refractivity contribution in [1.29, 1.82) is 5.41 Å². The van der Waals surface area contributed by atoms with Crippen molar-refractivity contribution in [3.8, 4) is 0 Å². The van der Waals surface area contributed by atoms with Crippen LogP contribution in [0.2, 0.25) is 0 Å². The smallest absolute Gasteiger partial charge is 0.132 e. The lowest BCUT2D eigenvalue weighted by Crippen LogP contribution is -2.12. The maximum Gasteiger partial charge on any atom is 0.132 e. The molecule has 27 heavy (non-hydrogen) atoms. The summed E-state index contributed by atoms with van der Waals surface area (Å²) in [7, 11) is 0. The molecule has 0 fully saturated rings. The molecule has 8 N–H and O–H groups in total. The quantitative estimate of drug-likeness (QED) is 0.394. The Morgan fingerprint density at radius 2 is 1.89 bits per heavy atom. The summed E-state index contributed by atoms with van der Waals surface area (Å²) < 4.78 is 0. The fourth-order valence-electron chi connectivity index (χ4n) is 2.72. The van der Waals surface area contributed by atoms with Gasteiger partial charge in [0.15, 0.2) is 0 Å². The number of nitrogens with one attached hydrogen (secondary N) is 2. The summed E-state index contributed by atoms with van der Waals surface area (Å²) in [6.45, 7) is 7.55. The minimum absolute atomic E-state index is 0.265. The number of fused-ring (bicyclic) bond motifs is 1. The Labute approximate surface area is 159 Å². The Hall–Kier alpha value is -3.35. The fourth-order valence-corrected chi connectivity index (χ4v) is 2.72. The van der Waals surface area contributed by atoms with Crippen molar-refractivity contribution in [1.82, 2.24) is 9.97 Å². The molecule has 0 saturated carbocycles. The van der Waals surface area contributed by atoms with Crippen molar-refractivity contribution in [2.45, 2.75) is 27.7 Å². The van der Waals surface area contributed by atoms with Crippen LogP contribution in [0, 0.1) is 11.3 Å². The number of rotatable bonds is 6. The molecule has 7 nitrogen and oxygen atoms in total. The highest BCUT2D eigenvalue weighted by atomic mass is 15.1. The second kappa shape index (κ2) is 8.35. The average Bonchev–Trinajstić information content (AvgIpc) is 2.58. The third kappa shape index (κ3) is 4.84. The first-order chi connectivity index (χ1) is 12.7. The van der Waals surface area contributed by atoms with Crippen LogP contribution in [0.15, 0.2) is 53.8 Å². The van der Waals surface area contributed by atoms with E-state index in [0.29, 0.717) is 34.1 Å². The van der Waals surface area contributed by atoms with Gasteiger partial charge < -0.3 is 27.9 Å². The number of pyridine rings is 2. The highest BCUT2D eigenvalue weighted by Gasteiger charge is 2.10. The number of nitrogens with two attached hydrogens (primary N) is 3. The standard InChI is InChI=1S/C20H27N7/c1-11(2)14(9-21)8-18(24)27-19-6-5-16-17(26-19)7-15(10-25-16)20(12(3)22)13(4)23/h5-11,22H,21,23-24H2,1-4H3,(H,26,27)/b14-9+,18-8+,20-13+,22-12?. The van der Waals surface area contributed by atoms with Gasteiger partial charge >= 0.3 is 0 Å². The molecular weight excluding hydrogens is 338 g/mol. The van der Waals surface area contributed by atoms with E-state index in [1.54, 1.807) is 32.3 Å². The van der Waals surface area contributed by atoms with Gasteiger partial charge in [-0.25, -0.2) is 4.98 Å². The Bertz CT molecular complexity index is 948. The van der Waals surface area contributed by atoms with Crippen molar-refractivity contribution in [3.63, 3.8) is 0 Å². The molecule has 0 aromatic carbocycles. The van der Waals surface area contributed by atoms with Crippen molar-refractivity contribution in [2.24, 2.45) is 23.1 Å². The molecule has 142 valence electrons. The van der Waals surface area contributed by atoms with Crippen molar-refractivity contribution < 1.29 is 0 Å². The number of hydrogen-bond acceptors (Lipinski definition) is 7. The highest BCUT2D eigenvalue weighted by Crippen LogP contribution is 2.22. The molecule has 0 aliphatic heterocycles. The molecule has 2 aromatic heterocycles. The average molecular weight is 365 g/mol. The molecule has 2 rings (SSSR count). The first-order valence-corrected chi connectivity index (χ1v) is 8.68. The Morgan fingerprint density at radius 3 is 2.44 bits per heavy atom. The zero-order valence-corrected chi connectivity index (χ0v) is 16.2. The van der Waals surface area contributed by atoms with Gasteiger partial charge in [-0.1, -0.05) is 13.8 Å². The van der Waals surface area contributed by atoms with Gasteiger partial charge in [-0.2, -0.15) is 0 Å². The van der Waals surface area contributed by atoms with Crippen LogP contribution in [0.25, 0.3) is 16.6 Å². The van der Waals surface area contributed by atoms with Crippen LogP contribution in [-0.2, 0) is 0 Å². The van der Waals surface area contributed by atoms with Gasteiger partial charge in [0.2, 0.25) is 0 Å². The van der Waals surface area contributed by atoms with Gasteiger partial charge in [0.25, 0.3) is 0 Å². The zero-order chi connectivity index (χ0) is 20.1. The van der Waals surface area contributed by atoms with Crippen LogP contribution in [-0.4, -0.2) is 15.7 Å². The number of aromatic nitrogens is 2. The van der Waals surface area contributed by atoms with E-state index in [9.17, 15) is 0 Å². The molecule has 2 aromatic rings. The molecular formula is C20H27N7. The summed E-state index contributed by atoms with van der Waals surface area (Å²) in [4.78, 5) is 9.00. The zero-order valence-electron chi connectivity index (χ0n) is 16.2. The molecule has 0 bridgehead atoms. The Morgan fingerprint density at radius 1 is 1.19 bits per heavy atom. The predicted molar refractivity (Wildman–Crippen MR) is 113 cm³/mol. The first-order valence-electron chi connectivity index (χ1n) is 8.68. The lowest BCUT2D eigenvalue weighted by atomic mass is 10.0. The molecule has 0 aliphatic rings. The molecule has 0 spiro atoms. The van der Waals surface area contributed by atoms with Crippen molar-refractivity contribution >= 4 is 28.1 Å². The van der Waals surface area contributed by atoms with Gasteiger partial charge in [-0.05, 0) is 55.8 Å². The van der Waals surface area contributed by atoms with Crippen molar-refractivity contribution in [3.05, 3.63) is 59.3 Å². The molecule has 7 heteroatoms. The summed E-state index contributed by atoms with van der Waals surface area (Å²) in [5.74, 6) is 1.31. The fraction of sp³-hybridized carbons (Fsp3) is 0.250. The first kappa shape index (κ1) is 20.0. The molecule has 0 aliphatic carbocycles. The second-order valence-corrected chi connectivity index (χ2v) is 6.69. The molecule has 0 radical (unpaired) electrons. The predicted octanol–water partition coefficient (Wildman–Crippen LogP) is 3.07. The topological polar surface area (TPSA) is 140 Å². The van der Waals surface area contributed by atoms with E-state index in [2.05, 4.69) is 15.3 Å². The van der Waals surface area contributed by atoms with E-state index in [-0.39, 0.29) is 5.92 Å². The van der Waals surface area contributed by atoms with Gasteiger partial charge in [-0.15, -0.1) is 0 Å². The summed E-state index contributed by atoms with van der Waals surface area (Å²) in [6, 6.07) is 5.54. The van der Waals surface area contributed by atoms with Crippen LogP contribution in [0.4, 0.5) is 5.82 Å². The van der Waals surface area contributed by atoms with Crippen LogP contribution in [0.3, 0.4) is 0 Å². The lowest BCUT2D eigenvalue weighted by molar-refractivity contribution is 0.786. The summed E-state index contributed by atoms with van der Waals surface area (Å²) in [5.41, 5.74) is 22.4. The maximum atomic E-state index is 7.94. The number of allylic oxidation sites excluding steroid dienone is 4. The molecule has 0 amide bonds. The normalized spacial score (nSPS) is 13.7. The molecule has 0 atom stereocenters. The van der Waals surface area contributed by atoms with E-state index >= 15 is 0 Å². The van der Waals surface area contributed by atoms with E-state index in [1.165, 1.54) is 0 Å². The van der Waals surface area contributed by atoms with Crippen LogP contribution >= 0.6 is 0 Å². The number of anilines is 1. The van der Waals surface area contributed by atoms with E-state index < -0.39 is 0 Å². The third-order valence-corrected chi connectivity index (χ3v) is 4.05. The largest absolute Gasteiger partial charge is 0.404 e. The minimum atomic E-state index is 0.265. The Balaban J connectivity index is 2.40. The third-order valence-electron chi connectivity index (χ3n) is 4.05. The molecule has 0 unspecified atom stereocenters. The van der Waals surface area contributed by atoms with Crippen LogP contribution < -0.4 is 22.5 Å². The Kier molecular flexibility index (Phi) is 6.18. The SMILES string of the molecule is CC(=N)/C(=C(/C)N)c1cnc2ccc(N/C(N)=C/C(=C\N)C(C)C)nc2c1. The van der Waals surface area contributed by atoms with Gasteiger partial charge in [0, 0.05) is 28.7 Å². The van der Waals surface area contributed by atoms with E-state index in [4.69, 9.17) is 22.6 Å². The monoisotopic (exact) mass is 365 g/mol. The van der Waals surface area contributed by atoms with Gasteiger partial charge in [-0.3, -0.25) is 4.98 Å². The molecule has 0 saturated heterocycles. The minimum Gasteiger partial charge on any atom is -0.404 e. The summed E-state index contributed by atoms with van der Waals surface area (Å²) in [6.07, 6.45) is 5.05. The van der Waals surface area contributed by atoms with Gasteiger partial charge in [0.05, 0.1) is 11.0 Å². The summed E-state index contributed by atoms with van der Waals surface area (Å²) >= 11 is 0. The van der Waals surface area contributed by atoms with E-state index in [1.807, 2.05) is 32.0 Å². The summed E-state index contributed by atoms with van der Waals surface area (Å²) in [5, 5.41) is 11.0. The van der Waals surface area contributed by atoms with E-state index in [0.717, 1.165) is 16.7 Å². The van der Waals surface area contributed by atoms with Crippen LogP contribution in [0.5, 0.6) is 0 Å². The van der Waals surface area contributed by atoms with Crippen molar-refractivity contribution in [2.75, 3.05) is 5.32 Å². The lowest BCUT2D eigenvalue weighted by Gasteiger charge is -2.11. The maximum absolute atomic E-state index is 7.94. The van der Waals surface area contributed by atoms with Gasteiger partial charge in [0.1, 0.15) is 11.6 Å². The van der Waals surface area contributed by atoms with Crippen LogP contribution in [0.1, 0.15) is 33.3 Å².